The van der Waals surface area contributed by atoms with Crippen LogP contribution in [0.2, 0.25) is 5.02 Å². The number of halogens is 1. The third-order valence-corrected chi connectivity index (χ3v) is 4.79. The molecule has 0 unspecified atom stereocenters. The summed E-state index contributed by atoms with van der Waals surface area (Å²) in [5, 5.41) is 1.00. The first-order valence-corrected chi connectivity index (χ1v) is 8.99. The highest BCUT2D eigenvalue weighted by molar-refractivity contribution is 6.31. The molecule has 1 fully saturated rings. The molecule has 8 heteroatoms. The van der Waals surface area contributed by atoms with Gasteiger partial charge < -0.3 is 9.64 Å². The molecular weight excluding hydrogens is 368 g/mol. The number of pyridine rings is 1. The molecule has 0 N–H and O–H groups in total. The van der Waals surface area contributed by atoms with Crippen LogP contribution in [0.25, 0.3) is 10.9 Å². The van der Waals surface area contributed by atoms with Crippen LogP contribution >= 0.6 is 11.6 Å². The van der Waals surface area contributed by atoms with Gasteiger partial charge in [-0.25, -0.2) is 9.97 Å². The summed E-state index contributed by atoms with van der Waals surface area (Å²) < 4.78 is 7.16. The molecular formula is C19H17ClN4O3. The van der Waals surface area contributed by atoms with Crippen molar-refractivity contribution < 1.29 is 9.53 Å². The zero-order valence-electron chi connectivity index (χ0n) is 14.4. The Hall–Kier alpha value is -2.93. The SMILES string of the molecule is O=C(CCn1cnc2ccccc2c1=O)N1CC(Oc2ncccc2Cl)C1. The van der Waals surface area contributed by atoms with Crippen molar-refractivity contribution in [3.8, 4) is 5.88 Å². The minimum absolute atomic E-state index is 0.0259. The summed E-state index contributed by atoms with van der Waals surface area (Å²) >= 11 is 6.02. The van der Waals surface area contributed by atoms with Crippen LogP contribution < -0.4 is 10.3 Å². The van der Waals surface area contributed by atoms with E-state index < -0.39 is 0 Å². The molecule has 0 saturated carbocycles. The van der Waals surface area contributed by atoms with Crippen molar-refractivity contribution in [3.63, 3.8) is 0 Å². The number of benzene rings is 1. The number of carbonyl (C=O) groups is 1. The Balaban J connectivity index is 1.32. The van der Waals surface area contributed by atoms with Crippen LogP contribution in [0.3, 0.4) is 0 Å². The van der Waals surface area contributed by atoms with Crippen molar-refractivity contribution in [2.24, 2.45) is 0 Å². The number of aryl methyl sites for hydroxylation is 1. The second-order valence-electron chi connectivity index (χ2n) is 6.34. The van der Waals surface area contributed by atoms with Gasteiger partial charge in [0.05, 0.1) is 30.3 Å². The Morgan fingerprint density at radius 3 is 2.81 bits per heavy atom. The molecule has 27 heavy (non-hydrogen) atoms. The molecule has 1 saturated heterocycles. The number of hydrogen-bond donors (Lipinski definition) is 0. The van der Waals surface area contributed by atoms with E-state index in [-0.39, 0.29) is 24.0 Å². The maximum atomic E-state index is 12.4. The van der Waals surface area contributed by atoms with E-state index in [4.69, 9.17) is 16.3 Å². The lowest BCUT2D eigenvalue weighted by Crippen LogP contribution is -2.56. The van der Waals surface area contributed by atoms with Gasteiger partial charge in [-0.1, -0.05) is 23.7 Å². The molecule has 0 spiro atoms. The van der Waals surface area contributed by atoms with E-state index in [9.17, 15) is 9.59 Å². The normalized spacial score (nSPS) is 14.2. The van der Waals surface area contributed by atoms with Crippen LogP contribution in [0.15, 0.2) is 53.7 Å². The summed E-state index contributed by atoms with van der Waals surface area (Å²) in [4.78, 5) is 34.8. The maximum absolute atomic E-state index is 12.4. The second-order valence-corrected chi connectivity index (χ2v) is 6.75. The lowest BCUT2D eigenvalue weighted by Gasteiger charge is -2.38. The summed E-state index contributed by atoms with van der Waals surface area (Å²) in [6.45, 7) is 1.26. The Morgan fingerprint density at radius 1 is 1.19 bits per heavy atom. The lowest BCUT2D eigenvalue weighted by atomic mass is 10.1. The number of aromatic nitrogens is 3. The monoisotopic (exact) mass is 384 g/mol. The largest absolute Gasteiger partial charge is 0.470 e. The maximum Gasteiger partial charge on any atom is 0.261 e. The lowest BCUT2D eigenvalue weighted by molar-refractivity contribution is -0.140. The van der Waals surface area contributed by atoms with Crippen molar-refractivity contribution in [2.75, 3.05) is 13.1 Å². The fourth-order valence-electron chi connectivity index (χ4n) is 2.97. The van der Waals surface area contributed by atoms with Crippen molar-refractivity contribution in [3.05, 3.63) is 64.3 Å². The molecule has 0 radical (unpaired) electrons. The molecule has 3 heterocycles. The number of nitrogens with zero attached hydrogens (tertiary/aromatic N) is 4. The molecule has 0 bridgehead atoms. The highest BCUT2D eigenvalue weighted by Crippen LogP contribution is 2.24. The van der Waals surface area contributed by atoms with Gasteiger partial charge in [-0.05, 0) is 24.3 Å². The van der Waals surface area contributed by atoms with Crippen LogP contribution in [-0.2, 0) is 11.3 Å². The summed E-state index contributed by atoms with van der Waals surface area (Å²) in [5.41, 5.74) is 0.518. The number of para-hydroxylation sites is 1. The fraction of sp³-hybridized carbons (Fsp3) is 0.263. The van der Waals surface area contributed by atoms with Crippen LogP contribution in [0.5, 0.6) is 5.88 Å². The van der Waals surface area contributed by atoms with E-state index in [1.165, 1.54) is 10.9 Å². The molecule has 3 aromatic rings. The summed E-state index contributed by atoms with van der Waals surface area (Å²) in [5.74, 6) is 0.354. The number of fused-ring (bicyclic) bond motifs is 1. The summed E-state index contributed by atoms with van der Waals surface area (Å²) in [6.07, 6.45) is 3.21. The van der Waals surface area contributed by atoms with Gasteiger partial charge in [0, 0.05) is 19.2 Å². The number of hydrogen-bond acceptors (Lipinski definition) is 5. The first-order chi connectivity index (χ1) is 13.1. The standard InChI is InChI=1S/C19H17ClN4O3/c20-15-5-3-8-21-18(15)27-13-10-24(11-13)17(25)7-9-23-12-22-16-6-2-1-4-14(16)19(23)26/h1-6,8,12-13H,7,9-11H2. The zero-order chi connectivity index (χ0) is 18.8. The van der Waals surface area contributed by atoms with E-state index in [2.05, 4.69) is 9.97 Å². The molecule has 1 aliphatic rings. The minimum atomic E-state index is -0.136. The Kier molecular flexibility index (Phi) is 4.77. The average molecular weight is 385 g/mol. The Morgan fingerprint density at radius 2 is 2.00 bits per heavy atom. The fourth-order valence-corrected chi connectivity index (χ4v) is 3.14. The smallest absolute Gasteiger partial charge is 0.261 e. The van der Waals surface area contributed by atoms with Crippen molar-refractivity contribution in [1.82, 2.24) is 19.4 Å². The highest BCUT2D eigenvalue weighted by atomic mass is 35.5. The molecule has 4 rings (SSSR count). The number of likely N-dealkylation sites (tertiary alicyclic amines) is 1. The molecule has 7 nitrogen and oxygen atoms in total. The Labute approximate surface area is 160 Å². The van der Waals surface area contributed by atoms with Crippen LogP contribution in [-0.4, -0.2) is 44.5 Å². The molecule has 1 aromatic carbocycles. The van der Waals surface area contributed by atoms with Gasteiger partial charge in [-0.3, -0.25) is 14.2 Å². The molecule has 0 atom stereocenters. The second kappa shape index (κ2) is 7.36. The first kappa shape index (κ1) is 17.5. The number of ether oxygens (including phenoxy) is 1. The minimum Gasteiger partial charge on any atom is -0.470 e. The predicted molar refractivity (Wildman–Crippen MR) is 101 cm³/mol. The van der Waals surface area contributed by atoms with E-state index in [1.807, 2.05) is 6.07 Å². The van der Waals surface area contributed by atoms with E-state index >= 15 is 0 Å². The third-order valence-electron chi connectivity index (χ3n) is 4.50. The molecule has 2 aromatic heterocycles. The molecule has 0 aliphatic carbocycles. The van der Waals surface area contributed by atoms with Gasteiger partial charge in [0.1, 0.15) is 11.1 Å². The zero-order valence-corrected chi connectivity index (χ0v) is 15.2. The number of carbonyl (C=O) groups excluding carboxylic acids is 1. The topological polar surface area (TPSA) is 77.3 Å². The molecule has 1 aliphatic heterocycles. The first-order valence-electron chi connectivity index (χ1n) is 8.61. The predicted octanol–water partition coefficient (Wildman–Crippen LogP) is 2.12. The molecule has 138 valence electrons. The number of rotatable bonds is 5. The summed E-state index contributed by atoms with van der Waals surface area (Å²) in [6, 6.07) is 10.6. The van der Waals surface area contributed by atoms with E-state index in [0.717, 1.165) is 0 Å². The van der Waals surface area contributed by atoms with Crippen molar-refractivity contribution >= 4 is 28.4 Å². The van der Waals surface area contributed by atoms with Crippen molar-refractivity contribution in [2.45, 2.75) is 19.1 Å². The van der Waals surface area contributed by atoms with Crippen LogP contribution in [0, 0.1) is 0 Å². The van der Waals surface area contributed by atoms with Gasteiger partial charge in [-0.2, -0.15) is 0 Å². The van der Waals surface area contributed by atoms with Gasteiger partial charge in [-0.15, -0.1) is 0 Å². The summed E-state index contributed by atoms with van der Waals surface area (Å²) in [7, 11) is 0. The van der Waals surface area contributed by atoms with Crippen molar-refractivity contribution in [1.29, 1.82) is 0 Å². The van der Waals surface area contributed by atoms with Gasteiger partial charge in [0.25, 0.3) is 5.56 Å². The number of amides is 1. The quantitative estimate of drug-likeness (QED) is 0.673. The Bertz CT molecular complexity index is 1050. The van der Waals surface area contributed by atoms with Gasteiger partial charge >= 0.3 is 0 Å². The highest BCUT2D eigenvalue weighted by Gasteiger charge is 2.32. The van der Waals surface area contributed by atoms with E-state index in [1.54, 1.807) is 41.4 Å². The van der Waals surface area contributed by atoms with E-state index in [0.29, 0.717) is 41.4 Å². The van der Waals surface area contributed by atoms with Crippen LogP contribution in [0.4, 0.5) is 0 Å². The van der Waals surface area contributed by atoms with Gasteiger partial charge in [0.2, 0.25) is 11.8 Å². The van der Waals surface area contributed by atoms with Crippen LogP contribution in [0.1, 0.15) is 6.42 Å². The average Bonchev–Trinajstić information content (AvgIpc) is 2.65. The van der Waals surface area contributed by atoms with Gasteiger partial charge in [0.15, 0.2) is 0 Å². The third kappa shape index (κ3) is 3.64. The molecule has 1 amide bonds.